The Bertz CT molecular complexity index is 829. The molecule has 3 rings (SSSR count). The summed E-state index contributed by atoms with van der Waals surface area (Å²) in [6, 6.07) is 4.95. The number of hydrogen-bond donors (Lipinski definition) is 1. The van der Waals surface area contributed by atoms with E-state index in [0.717, 1.165) is 17.1 Å². The molecule has 1 atom stereocenters. The van der Waals surface area contributed by atoms with Crippen LogP contribution in [0.25, 0.3) is 11.5 Å². The molecule has 25 heavy (non-hydrogen) atoms. The van der Waals surface area contributed by atoms with E-state index in [-0.39, 0.29) is 17.6 Å². The fourth-order valence-electron chi connectivity index (χ4n) is 2.49. The molecule has 0 aromatic carbocycles. The predicted molar refractivity (Wildman–Crippen MR) is 95.5 cm³/mol. The van der Waals surface area contributed by atoms with Gasteiger partial charge in [0, 0.05) is 10.9 Å². The number of carbonyl (C=O) groups excluding carboxylic acids is 1. The first-order chi connectivity index (χ1) is 11.9. The van der Waals surface area contributed by atoms with Crippen LogP contribution < -0.4 is 5.32 Å². The minimum Gasteiger partial charge on any atom is -0.461 e. The van der Waals surface area contributed by atoms with E-state index < -0.39 is 0 Å². The van der Waals surface area contributed by atoms with Crippen LogP contribution in [0, 0.1) is 19.8 Å². The first-order valence-electron chi connectivity index (χ1n) is 8.19. The van der Waals surface area contributed by atoms with Crippen LogP contribution in [0.1, 0.15) is 52.4 Å². The van der Waals surface area contributed by atoms with Crippen molar-refractivity contribution in [2.24, 2.45) is 5.92 Å². The average Bonchev–Trinajstić information content (AvgIpc) is 3.27. The molecule has 0 saturated carbocycles. The van der Waals surface area contributed by atoms with Crippen molar-refractivity contribution in [2.45, 2.75) is 40.2 Å². The average molecular weight is 359 g/mol. The standard InChI is InChI=1S/C18H21N3O3S/c1-10(2)8-14(18-19-11(3)12(4)25-18)20-17(22)13-9-16(24-21-13)15-6-5-7-23-15/h5-7,9-10,14H,8H2,1-4H3,(H,20,22). The van der Waals surface area contributed by atoms with Crippen LogP contribution in [0.3, 0.4) is 0 Å². The molecule has 3 aromatic rings. The van der Waals surface area contributed by atoms with Crippen molar-refractivity contribution in [2.75, 3.05) is 0 Å². The number of carbonyl (C=O) groups is 1. The summed E-state index contributed by atoms with van der Waals surface area (Å²) >= 11 is 1.62. The highest BCUT2D eigenvalue weighted by atomic mass is 32.1. The Morgan fingerprint density at radius 3 is 2.72 bits per heavy atom. The number of aromatic nitrogens is 2. The molecule has 1 N–H and O–H groups in total. The van der Waals surface area contributed by atoms with Gasteiger partial charge in [-0.25, -0.2) is 4.98 Å². The van der Waals surface area contributed by atoms with Crippen molar-refractivity contribution in [3.8, 4) is 11.5 Å². The van der Waals surface area contributed by atoms with Gasteiger partial charge >= 0.3 is 0 Å². The van der Waals surface area contributed by atoms with E-state index in [1.807, 2.05) is 13.8 Å². The van der Waals surface area contributed by atoms with Crippen molar-refractivity contribution in [3.63, 3.8) is 0 Å². The number of rotatable bonds is 6. The van der Waals surface area contributed by atoms with Gasteiger partial charge in [0.05, 0.1) is 18.0 Å². The summed E-state index contributed by atoms with van der Waals surface area (Å²) in [6.45, 7) is 8.27. The first kappa shape index (κ1) is 17.4. The van der Waals surface area contributed by atoms with Gasteiger partial charge in [-0.3, -0.25) is 4.79 Å². The molecule has 3 aromatic heterocycles. The highest BCUT2D eigenvalue weighted by Gasteiger charge is 2.23. The molecule has 0 aliphatic rings. The quantitative estimate of drug-likeness (QED) is 0.699. The molecule has 0 aliphatic heterocycles. The number of amides is 1. The monoisotopic (exact) mass is 359 g/mol. The zero-order chi connectivity index (χ0) is 18.0. The fourth-order valence-corrected chi connectivity index (χ4v) is 3.48. The van der Waals surface area contributed by atoms with E-state index in [4.69, 9.17) is 8.94 Å². The number of nitrogens with one attached hydrogen (secondary N) is 1. The molecule has 132 valence electrons. The lowest BCUT2D eigenvalue weighted by Gasteiger charge is -2.17. The first-order valence-corrected chi connectivity index (χ1v) is 9.01. The zero-order valence-electron chi connectivity index (χ0n) is 14.7. The lowest BCUT2D eigenvalue weighted by molar-refractivity contribution is 0.0922. The number of nitrogens with zero attached hydrogens (tertiary/aromatic N) is 2. The van der Waals surface area contributed by atoms with Gasteiger partial charge in [0.1, 0.15) is 5.01 Å². The molecule has 0 fully saturated rings. The molecule has 7 heteroatoms. The molecule has 6 nitrogen and oxygen atoms in total. The highest BCUT2D eigenvalue weighted by molar-refractivity contribution is 7.11. The molecule has 0 spiro atoms. The Labute approximate surface area is 150 Å². The third-order valence-electron chi connectivity index (χ3n) is 3.86. The van der Waals surface area contributed by atoms with Gasteiger partial charge in [-0.05, 0) is 38.3 Å². The van der Waals surface area contributed by atoms with Gasteiger partial charge in [-0.15, -0.1) is 11.3 Å². The maximum Gasteiger partial charge on any atom is 0.274 e. The lowest BCUT2D eigenvalue weighted by atomic mass is 10.0. The summed E-state index contributed by atoms with van der Waals surface area (Å²) in [4.78, 5) is 18.4. The Morgan fingerprint density at radius 1 is 1.32 bits per heavy atom. The largest absolute Gasteiger partial charge is 0.461 e. The maximum absolute atomic E-state index is 12.6. The molecule has 0 bridgehead atoms. The van der Waals surface area contributed by atoms with Crippen LogP contribution in [0.5, 0.6) is 0 Å². The van der Waals surface area contributed by atoms with Gasteiger partial charge in [-0.1, -0.05) is 19.0 Å². The van der Waals surface area contributed by atoms with Crippen LogP contribution in [0.4, 0.5) is 0 Å². The van der Waals surface area contributed by atoms with Crippen LogP contribution in [0.15, 0.2) is 33.4 Å². The van der Waals surface area contributed by atoms with Crippen molar-refractivity contribution in [1.29, 1.82) is 0 Å². The maximum atomic E-state index is 12.6. The van der Waals surface area contributed by atoms with Crippen LogP contribution in [-0.2, 0) is 0 Å². The van der Waals surface area contributed by atoms with Crippen molar-refractivity contribution in [1.82, 2.24) is 15.5 Å². The fraction of sp³-hybridized carbons (Fsp3) is 0.389. The third kappa shape index (κ3) is 3.99. The molecule has 0 saturated heterocycles. The SMILES string of the molecule is Cc1nc(C(CC(C)C)NC(=O)c2cc(-c3ccco3)on2)sc1C. The van der Waals surface area contributed by atoms with Gasteiger partial charge in [0.25, 0.3) is 5.91 Å². The zero-order valence-corrected chi connectivity index (χ0v) is 15.5. The van der Waals surface area contributed by atoms with Gasteiger partial charge in [0.15, 0.2) is 11.5 Å². The second-order valence-corrected chi connectivity index (χ2v) is 7.64. The number of hydrogen-bond acceptors (Lipinski definition) is 6. The summed E-state index contributed by atoms with van der Waals surface area (Å²) in [5, 5.41) is 7.82. The van der Waals surface area contributed by atoms with Crippen LogP contribution in [-0.4, -0.2) is 16.0 Å². The number of aryl methyl sites for hydroxylation is 2. The molecule has 0 aliphatic carbocycles. The van der Waals surface area contributed by atoms with Crippen LogP contribution >= 0.6 is 11.3 Å². The van der Waals surface area contributed by atoms with Crippen molar-refractivity contribution in [3.05, 3.63) is 45.7 Å². The second-order valence-electron chi connectivity index (χ2n) is 6.40. The Morgan fingerprint density at radius 2 is 2.12 bits per heavy atom. The second kappa shape index (κ2) is 7.23. The van der Waals surface area contributed by atoms with Crippen molar-refractivity contribution < 1.29 is 13.7 Å². The van der Waals surface area contributed by atoms with Crippen LogP contribution in [0.2, 0.25) is 0 Å². The minimum atomic E-state index is -0.280. The molecular formula is C18H21N3O3S. The predicted octanol–water partition coefficient (Wildman–Crippen LogP) is 4.53. The summed E-state index contributed by atoms with van der Waals surface area (Å²) < 4.78 is 10.5. The van der Waals surface area contributed by atoms with E-state index in [1.54, 1.807) is 35.8 Å². The van der Waals surface area contributed by atoms with Gasteiger partial charge in [0.2, 0.25) is 5.76 Å². The summed E-state index contributed by atoms with van der Waals surface area (Å²) in [5.41, 5.74) is 1.23. The minimum absolute atomic E-state index is 0.145. The van der Waals surface area contributed by atoms with E-state index in [0.29, 0.717) is 17.4 Å². The highest BCUT2D eigenvalue weighted by Crippen LogP contribution is 2.28. The topological polar surface area (TPSA) is 81.2 Å². The van der Waals surface area contributed by atoms with E-state index in [9.17, 15) is 4.79 Å². The van der Waals surface area contributed by atoms with Crippen molar-refractivity contribution >= 4 is 17.2 Å². The Balaban J connectivity index is 1.78. The van der Waals surface area contributed by atoms with E-state index in [1.165, 1.54) is 4.88 Å². The molecular weight excluding hydrogens is 338 g/mol. The van der Waals surface area contributed by atoms with Gasteiger partial charge < -0.3 is 14.3 Å². The van der Waals surface area contributed by atoms with Gasteiger partial charge in [-0.2, -0.15) is 0 Å². The normalized spacial score (nSPS) is 12.5. The summed E-state index contributed by atoms with van der Waals surface area (Å²) in [5.74, 6) is 1.11. The van der Waals surface area contributed by atoms with E-state index >= 15 is 0 Å². The molecule has 1 unspecified atom stereocenters. The Hall–Kier alpha value is -2.41. The lowest BCUT2D eigenvalue weighted by Crippen LogP contribution is -2.29. The third-order valence-corrected chi connectivity index (χ3v) is 5.05. The Kier molecular flexibility index (Phi) is 5.03. The molecule has 0 radical (unpaired) electrons. The number of furan rings is 1. The summed E-state index contributed by atoms with van der Waals surface area (Å²) in [7, 11) is 0. The number of thiazole rings is 1. The molecule has 3 heterocycles. The summed E-state index contributed by atoms with van der Waals surface area (Å²) in [6.07, 6.45) is 2.35. The van der Waals surface area contributed by atoms with E-state index in [2.05, 4.69) is 29.3 Å². The smallest absolute Gasteiger partial charge is 0.274 e. The molecule has 1 amide bonds.